The minimum Gasteiger partial charge on any atom is -0.456 e. The summed E-state index contributed by atoms with van der Waals surface area (Å²) < 4.78 is 10.8. The van der Waals surface area contributed by atoms with Gasteiger partial charge in [-0.25, -0.2) is 9.59 Å². The summed E-state index contributed by atoms with van der Waals surface area (Å²) in [6, 6.07) is 22.2. The van der Waals surface area contributed by atoms with Crippen LogP contribution in [0.2, 0.25) is 0 Å². The molecule has 0 saturated heterocycles. The molecule has 0 spiro atoms. The average Bonchev–Trinajstić information content (AvgIpc) is 3.15. The summed E-state index contributed by atoms with van der Waals surface area (Å²) >= 11 is 0. The highest BCUT2D eigenvalue weighted by atomic mass is 16.5. The van der Waals surface area contributed by atoms with Crippen molar-refractivity contribution in [3.63, 3.8) is 0 Å². The number of H-pyrrole nitrogens is 1. The van der Waals surface area contributed by atoms with Gasteiger partial charge in [0.05, 0.1) is 0 Å². The van der Waals surface area contributed by atoms with Gasteiger partial charge in [-0.2, -0.15) is 0 Å². The third-order valence-corrected chi connectivity index (χ3v) is 4.82. The first-order chi connectivity index (χ1) is 13.7. The van der Waals surface area contributed by atoms with Gasteiger partial charge in [-0.3, -0.25) is 0 Å². The summed E-state index contributed by atoms with van der Waals surface area (Å²) in [4.78, 5) is 27.5. The van der Waals surface area contributed by atoms with Crippen molar-refractivity contribution in [3.8, 4) is 0 Å². The maximum absolute atomic E-state index is 12.5. The lowest BCUT2D eigenvalue weighted by molar-refractivity contribution is 0.0468. The third kappa shape index (κ3) is 2.74. The van der Waals surface area contributed by atoms with E-state index < -0.39 is 11.6 Å². The number of carbonyl (C=O) groups excluding carboxylic acids is 1. The van der Waals surface area contributed by atoms with Gasteiger partial charge in [0.15, 0.2) is 0 Å². The summed E-state index contributed by atoms with van der Waals surface area (Å²) in [5.41, 5.74) is 1.86. The summed E-state index contributed by atoms with van der Waals surface area (Å²) in [7, 11) is 0. The van der Waals surface area contributed by atoms with Gasteiger partial charge in [-0.05, 0) is 29.0 Å². The van der Waals surface area contributed by atoms with Crippen molar-refractivity contribution in [2.75, 3.05) is 0 Å². The number of benzene rings is 3. The molecule has 0 aliphatic rings. The molecule has 28 heavy (non-hydrogen) atoms. The topological polar surface area (TPSA) is 72.3 Å². The molecule has 2 heterocycles. The van der Waals surface area contributed by atoms with E-state index in [4.69, 9.17) is 9.15 Å². The van der Waals surface area contributed by atoms with Crippen molar-refractivity contribution in [1.29, 1.82) is 0 Å². The lowest BCUT2D eigenvalue weighted by atomic mass is 10.0. The van der Waals surface area contributed by atoms with Crippen LogP contribution in [0.3, 0.4) is 0 Å². The van der Waals surface area contributed by atoms with Gasteiger partial charge in [0.25, 0.3) is 0 Å². The Hall–Kier alpha value is -3.86. The third-order valence-electron chi connectivity index (χ3n) is 4.82. The first kappa shape index (κ1) is 16.3. The highest BCUT2D eigenvalue weighted by molar-refractivity contribution is 6.07. The summed E-state index contributed by atoms with van der Waals surface area (Å²) in [6.45, 7) is -0.0235. The quantitative estimate of drug-likeness (QED) is 0.282. The van der Waals surface area contributed by atoms with Crippen LogP contribution in [-0.2, 0) is 11.3 Å². The van der Waals surface area contributed by atoms with Crippen LogP contribution in [0.25, 0.3) is 32.6 Å². The predicted molar refractivity (Wildman–Crippen MR) is 107 cm³/mol. The highest BCUT2D eigenvalue weighted by Gasteiger charge is 2.14. The van der Waals surface area contributed by atoms with Gasteiger partial charge in [-0.15, -0.1) is 0 Å². The number of hydrogen-bond donors (Lipinski definition) is 1. The summed E-state index contributed by atoms with van der Waals surface area (Å²) in [5.74, 6) is -0.474. The lowest BCUT2D eigenvalue weighted by Crippen LogP contribution is -2.08. The van der Waals surface area contributed by atoms with E-state index in [0.717, 1.165) is 27.1 Å². The van der Waals surface area contributed by atoms with E-state index in [1.54, 1.807) is 12.1 Å². The van der Waals surface area contributed by atoms with Crippen molar-refractivity contribution < 1.29 is 13.9 Å². The molecule has 0 saturated carbocycles. The molecule has 5 rings (SSSR count). The maximum atomic E-state index is 12.5. The number of carbonyl (C=O) groups is 1. The predicted octanol–water partition coefficient (Wildman–Crippen LogP) is 4.78. The molecule has 2 aromatic heterocycles. The lowest BCUT2D eigenvalue weighted by Gasteiger charge is -2.09. The standard InChI is InChI=1S/C23H15NO4/c25-21-12-16(22-17-7-3-1-5-14(17)9-10-20(22)28-21)13-27-23(26)19-11-15-6-2-4-8-18(15)24-19/h1-12,24H,13H2. The molecular weight excluding hydrogens is 354 g/mol. The van der Waals surface area contributed by atoms with Crippen molar-refractivity contribution in [1.82, 2.24) is 4.98 Å². The fourth-order valence-corrected chi connectivity index (χ4v) is 3.54. The largest absolute Gasteiger partial charge is 0.456 e. The molecule has 0 radical (unpaired) electrons. The van der Waals surface area contributed by atoms with Crippen LogP contribution in [0, 0.1) is 0 Å². The molecule has 0 amide bonds. The summed E-state index contributed by atoms with van der Waals surface area (Å²) in [6.07, 6.45) is 0. The molecule has 0 unspecified atom stereocenters. The van der Waals surface area contributed by atoms with E-state index in [-0.39, 0.29) is 6.61 Å². The number of nitrogens with one attached hydrogen (secondary N) is 1. The van der Waals surface area contributed by atoms with Gasteiger partial charge >= 0.3 is 11.6 Å². The van der Waals surface area contributed by atoms with Gasteiger partial charge in [-0.1, -0.05) is 48.5 Å². The first-order valence-electron chi connectivity index (χ1n) is 8.88. The minimum absolute atomic E-state index is 0.0235. The van der Waals surface area contributed by atoms with Crippen LogP contribution in [0.1, 0.15) is 16.1 Å². The minimum atomic E-state index is -0.474. The second kappa shape index (κ2) is 6.39. The molecule has 0 bridgehead atoms. The zero-order valence-electron chi connectivity index (χ0n) is 14.8. The van der Waals surface area contributed by atoms with Crippen molar-refractivity contribution in [2.24, 2.45) is 0 Å². The van der Waals surface area contributed by atoms with Crippen LogP contribution in [0.4, 0.5) is 0 Å². The van der Waals surface area contributed by atoms with Crippen LogP contribution in [0.5, 0.6) is 0 Å². The molecule has 1 N–H and O–H groups in total. The molecule has 5 heteroatoms. The number of rotatable bonds is 3. The average molecular weight is 369 g/mol. The number of hydrogen-bond acceptors (Lipinski definition) is 4. The second-order valence-electron chi connectivity index (χ2n) is 6.60. The molecular formula is C23H15NO4. The second-order valence-corrected chi connectivity index (χ2v) is 6.60. The number of aromatic amines is 1. The van der Waals surface area contributed by atoms with Crippen LogP contribution >= 0.6 is 0 Å². The highest BCUT2D eigenvalue weighted by Crippen LogP contribution is 2.28. The van der Waals surface area contributed by atoms with E-state index in [2.05, 4.69) is 4.98 Å². The van der Waals surface area contributed by atoms with Crippen LogP contribution in [0.15, 0.2) is 82.0 Å². The number of esters is 1. The Morgan fingerprint density at radius 3 is 2.57 bits per heavy atom. The zero-order chi connectivity index (χ0) is 19.1. The van der Waals surface area contributed by atoms with E-state index in [1.807, 2.05) is 54.6 Å². The molecule has 0 atom stereocenters. The monoisotopic (exact) mass is 369 g/mol. The Labute approximate surface area is 159 Å². The molecule has 0 aliphatic heterocycles. The van der Waals surface area contributed by atoms with Crippen molar-refractivity contribution in [3.05, 3.63) is 94.5 Å². The number of fused-ring (bicyclic) bond motifs is 4. The van der Waals surface area contributed by atoms with Gasteiger partial charge in [0, 0.05) is 27.9 Å². The smallest absolute Gasteiger partial charge is 0.355 e. The van der Waals surface area contributed by atoms with Crippen LogP contribution in [-0.4, -0.2) is 11.0 Å². The van der Waals surface area contributed by atoms with Gasteiger partial charge in [0.1, 0.15) is 17.9 Å². The number of para-hydroxylation sites is 1. The van der Waals surface area contributed by atoms with E-state index in [9.17, 15) is 9.59 Å². The Morgan fingerprint density at radius 2 is 1.71 bits per heavy atom. The molecule has 5 aromatic rings. The Morgan fingerprint density at radius 1 is 0.929 bits per heavy atom. The Bertz CT molecular complexity index is 1380. The fourth-order valence-electron chi connectivity index (χ4n) is 3.54. The molecule has 0 aliphatic carbocycles. The molecule has 5 nitrogen and oxygen atoms in total. The number of ether oxygens (including phenoxy) is 1. The normalized spacial score (nSPS) is 11.3. The van der Waals surface area contributed by atoms with E-state index in [1.165, 1.54) is 6.07 Å². The first-order valence-corrected chi connectivity index (χ1v) is 8.88. The van der Waals surface area contributed by atoms with Crippen molar-refractivity contribution >= 4 is 38.6 Å². The SMILES string of the molecule is O=C(OCc1cc(=O)oc2ccc3ccccc3c12)c1cc2ccccc2[nH]1. The molecule has 3 aromatic carbocycles. The molecule has 0 fully saturated rings. The van der Waals surface area contributed by atoms with E-state index in [0.29, 0.717) is 16.8 Å². The molecule has 136 valence electrons. The van der Waals surface area contributed by atoms with Crippen molar-refractivity contribution in [2.45, 2.75) is 6.61 Å². The van der Waals surface area contributed by atoms with Gasteiger partial charge in [0.2, 0.25) is 0 Å². The maximum Gasteiger partial charge on any atom is 0.355 e. The summed E-state index contributed by atoms with van der Waals surface area (Å²) in [5, 5.41) is 3.68. The van der Waals surface area contributed by atoms with Gasteiger partial charge < -0.3 is 14.1 Å². The van der Waals surface area contributed by atoms with E-state index >= 15 is 0 Å². The Kier molecular flexibility index (Phi) is 3.72. The van der Waals surface area contributed by atoms with Crippen LogP contribution < -0.4 is 5.63 Å². The fraction of sp³-hybridized carbons (Fsp3) is 0.0435. The Balaban J connectivity index is 1.53. The number of aromatic nitrogens is 1. The zero-order valence-corrected chi connectivity index (χ0v) is 14.8.